The van der Waals surface area contributed by atoms with Gasteiger partial charge >= 0.3 is 0 Å². The number of nitrogens with zero attached hydrogens (tertiary/aromatic N) is 4. The van der Waals surface area contributed by atoms with Gasteiger partial charge in [-0.25, -0.2) is 4.98 Å². The van der Waals surface area contributed by atoms with E-state index in [1.807, 2.05) is 30.3 Å². The molecule has 8 nitrogen and oxygen atoms in total. The number of aromatic nitrogens is 4. The topological polar surface area (TPSA) is 126 Å². The summed E-state index contributed by atoms with van der Waals surface area (Å²) in [5.41, 5.74) is 9.77. The Morgan fingerprint density at radius 2 is 1.97 bits per heavy atom. The Kier molecular flexibility index (Phi) is 3.51. The van der Waals surface area contributed by atoms with Crippen LogP contribution in [0.3, 0.4) is 0 Å². The van der Waals surface area contributed by atoms with Gasteiger partial charge in [-0.1, -0.05) is 30.3 Å². The van der Waals surface area contributed by atoms with Crippen LogP contribution < -0.4 is 11.3 Å². The fraction of sp³-hybridized carbons (Fsp3) is 0.0476. The molecule has 3 N–H and O–H groups in total. The van der Waals surface area contributed by atoms with Gasteiger partial charge in [0.2, 0.25) is 5.89 Å². The van der Waals surface area contributed by atoms with E-state index < -0.39 is 5.56 Å². The summed E-state index contributed by atoms with van der Waals surface area (Å²) in [5, 5.41) is 13.8. The molecule has 0 spiro atoms. The third-order valence-corrected chi connectivity index (χ3v) is 4.77. The standard InChI is InChI=1S/C21H14N6O2/c1-11-17(20-25-14-8-7-13(23)9-16(14)29-20)21(28)27-19(24-11)18(15(10-22)26-27)12-5-3-2-4-6-12/h2-9,24H,23H2,1H3. The number of oxazole rings is 1. The molecule has 2 aromatic carbocycles. The van der Waals surface area contributed by atoms with E-state index in [9.17, 15) is 10.1 Å². The van der Waals surface area contributed by atoms with Crippen molar-refractivity contribution in [2.45, 2.75) is 6.92 Å². The Morgan fingerprint density at radius 3 is 2.72 bits per heavy atom. The summed E-state index contributed by atoms with van der Waals surface area (Å²) in [4.78, 5) is 20.9. The van der Waals surface area contributed by atoms with Crippen molar-refractivity contribution in [3.63, 3.8) is 0 Å². The lowest BCUT2D eigenvalue weighted by molar-refractivity contribution is 0.616. The fourth-order valence-corrected chi connectivity index (χ4v) is 3.44. The van der Waals surface area contributed by atoms with E-state index >= 15 is 0 Å². The maximum atomic E-state index is 13.3. The molecule has 0 bridgehead atoms. The third kappa shape index (κ3) is 2.49. The van der Waals surface area contributed by atoms with Gasteiger partial charge in [0.25, 0.3) is 5.56 Å². The van der Waals surface area contributed by atoms with Crippen molar-refractivity contribution in [3.8, 4) is 28.7 Å². The Balaban J connectivity index is 1.81. The molecule has 0 saturated carbocycles. The summed E-state index contributed by atoms with van der Waals surface area (Å²) in [6, 6.07) is 16.5. The number of benzene rings is 2. The van der Waals surface area contributed by atoms with E-state index in [2.05, 4.69) is 21.1 Å². The Bertz CT molecular complexity index is 1500. The molecule has 3 heterocycles. The molecule has 0 fully saturated rings. The van der Waals surface area contributed by atoms with Crippen LogP contribution in [0.5, 0.6) is 0 Å². The fourth-order valence-electron chi connectivity index (χ4n) is 3.44. The van der Waals surface area contributed by atoms with E-state index in [-0.39, 0.29) is 17.1 Å². The van der Waals surface area contributed by atoms with Crippen LogP contribution >= 0.6 is 0 Å². The van der Waals surface area contributed by atoms with Crippen molar-refractivity contribution < 1.29 is 4.42 Å². The minimum atomic E-state index is -0.422. The lowest BCUT2D eigenvalue weighted by Gasteiger charge is -2.05. The van der Waals surface area contributed by atoms with E-state index in [1.165, 1.54) is 4.52 Å². The SMILES string of the molecule is Cc1[nH]c2c(-c3ccccc3)c(C#N)nn2c(=O)c1-c1nc2ccc(N)cc2o1. The average molecular weight is 382 g/mol. The van der Waals surface area contributed by atoms with E-state index in [1.54, 1.807) is 25.1 Å². The van der Waals surface area contributed by atoms with E-state index in [4.69, 9.17) is 10.2 Å². The van der Waals surface area contributed by atoms with Gasteiger partial charge in [-0.05, 0) is 24.6 Å². The first-order chi connectivity index (χ1) is 14.1. The minimum absolute atomic E-state index is 0.159. The quantitative estimate of drug-likeness (QED) is 0.451. The number of H-pyrrole nitrogens is 1. The number of nitriles is 1. The van der Waals surface area contributed by atoms with Crippen molar-refractivity contribution in [3.05, 3.63) is 70.3 Å². The summed E-state index contributed by atoms with van der Waals surface area (Å²) < 4.78 is 6.96. The number of aryl methyl sites for hydroxylation is 1. The number of hydrogen-bond acceptors (Lipinski definition) is 6. The lowest BCUT2D eigenvalue weighted by Crippen LogP contribution is -2.19. The van der Waals surface area contributed by atoms with Gasteiger partial charge in [0.05, 0.1) is 5.56 Å². The van der Waals surface area contributed by atoms with Crippen LogP contribution in [0.25, 0.3) is 39.3 Å². The number of hydrogen-bond donors (Lipinski definition) is 2. The van der Waals surface area contributed by atoms with Crippen molar-refractivity contribution in [1.82, 2.24) is 19.6 Å². The summed E-state index contributed by atoms with van der Waals surface area (Å²) in [5.74, 6) is 0.168. The van der Waals surface area contributed by atoms with Gasteiger partial charge in [0.15, 0.2) is 11.3 Å². The number of nitrogens with one attached hydrogen (secondary N) is 1. The van der Waals surface area contributed by atoms with Crippen LogP contribution in [0.15, 0.2) is 57.7 Å². The van der Waals surface area contributed by atoms with Gasteiger partial charge in [-0.15, -0.1) is 0 Å². The first kappa shape index (κ1) is 16.8. The molecule has 140 valence electrons. The van der Waals surface area contributed by atoms with Gasteiger partial charge < -0.3 is 15.1 Å². The molecule has 0 atom stereocenters. The summed E-state index contributed by atoms with van der Waals surface area (Å²) in [6.07, 6.45) is 0. The summed E-state index contributed by atoms with van der Waals surface area (Å²) in [6.45, 7) is 1.76. The van der Waals surface area contributed by atoms with Crippen LogP contribution in [0, 0.1) is 18.3 Å². The molecule has 0 radical (unpaired) electrons. The van der Waals surface area contributed by atoms with Crippen molar-refractivity contribution >= 4 is 22.4 Å². The van der Waals surface area contributed by atoms with E-state index in [0.717, 1.165) is 5.56 Å². The molecule has 0 unspecified atom stereocenters. The molecule has 5 rings (SSSR count). The molecule has 5 aromatic rings. The van der Waals surface area contributed by atoms with Crippen molar-refractivity contribution in [1.29, 1.82) is 5.26 Å². The second-order valence-corrected chi connectivity index (χ2v) is 6.64. The zero-order valence-corrected chi connectivity index (χ0v) is 15.3. The maximum Gasteiger partial charge on any atom is 0.287 e. The molecule has 0 aliphatic heterocycles. The number of nitrogens with two attached hydrogens (primary N) is 1. The number of aromatic amines is 1. The second kappa shape index (κ2) is 6.07. The molecule has 0 saturated heterocycles. The van der Waals surface area contributed by atoms with Crippen LogP contribution in [0.2, 0.25) is 0 Å². The number of anilines is 1. The van der Waals surface area contributed by atoms with Gasteiger partial charge in [0, 0.05) is 17.4 Å². The molecule has 29 heavy (non-hydrogen) atoms. The Hall–Kier alpha value is -4.38. The molecular weight excluding hydrogens is 368 g/mol. The Labute approximate surface area is 163 Å². The summed E-state index contributed by atoms with van der Waals surface area (Å²) in [7, 11) is 0. The molecule has 0 aliphatic carbocycles. The smallest absolute Gasteiger partial charge is 0.287 e. The molecule has 0 amide bonds. The first-order valence-electron chi connectivity index (χ1n) is 8.84. The van der Waals surface area contributed by atoms with Crippen LogP contribution in [0.4, 0.5) is 5.69 Å². The largest absolute Gasteiger partial charge is 0.436 e. The van der Waals surface area contributed by atoms with Crippen LogP contribution in [-0.4, -0.2) is 19.6 Å². The monoisotopic (exact) mass is 382 g/mol. The molecular formula is C21H14N6O2. The van der Waals surface area contributed by atoms with Gasteiger partial charge in [-0.3, -0.25) is 4.79 Å². The molecule has 0 aliphatic rings. The number of rotatable bonds is 2. The first-order valence-corrected chi connectivity index (χ1v) is 8.84. The number of fused-ring (bicyclic) bond motifs is 2. The maximum absolute atomic E-state index is 13.3. The second-order valence-electron chi connectivity index (χ2n) is 6.64. The summed E-state index contributed by atoms with van der Waals surface area (Å²) >= 11 is 0. The average Bonchev–Trinajstić information content (AvgIpc) is 3.29. The van der Waals surface area contributed by atoms with Crippen molar-refractivity contribution in [2.24, 2.45) is 0 Å². The highest BCUT2D eigenvalue weighted by Gasteiger charge is 2.22. The third-order valence-electron chi connectivity index (χ3n) is 4.77. The van der Waals surface area contributed by atoms with E-state index in [0.29, 0.717) is 33.7 Å². The van der Waals surface area contributed by atoms with Crippen LogP contribution in [0.1, 0.15) is 11.4 Å². The zero-order valence-electron chi connectivity index (χ0n) is 15.3. The Morgan fingerprint density at radius 1 is 1.17 bits per heavy atom. The molecule has 8 heteroatoms. The predicted molar refractivity (Wildman–Crippen MR) is 108 cm³/mol. The highest BCUT2D eigenvalue weighted by Crippen LogP contribution is 2.29. The predicted octanol–water partition coefficient (Wildman–Crippen LogP) is 3.26. The number of nitrogen functional groups attached to an aromatic ring is 1. The minimum Gasteiger partial charge on any atom is -0.436 e. The van der Waals surface area contributed by atoms with Crippen LogP contribution in [-0.2, 0) is 0 Å². The highest BCUT2D eigenvalue weighted by atomic mass is 16.3. The normalized spacial score (nSPS) is 11.2. The lowest BCUT2D eigenvalue weighted by atomic mass is 10.1. The van der Waals surface area contributed by atoms with Crippen molar-refractivity contribution in [2.75, 3.05) is 5.73 Å². The highest BCUT2D eigenvalue weighted by molar-refractivity contribution is 5.83. The molecule has 3 aromatic heterocycles. The van der Waals surface area contributed by atoms with Gasteiger partial charge in [-0.2, -0.15) is 14.9 Å². The van der Waals surface area contributed by atoms with Gasteiger partial charge in [0.1, 0.15) is 22.8 Å². The zero-order chi connectivity index (χ0) is 20.1.